The van der Waals surface area contributed by atoms with Crippen LogP contribution in [0.5, 0.6) is 0 Å². The average molecular weight is 304 g/mol. The molecular formula is C10H8BrClN2O2. The van der Waals surface area contributed by atoms with Gasteiger partial charge in [0.2, 0.25) is 0 Å². The highest BCUT2D eigenvalue weighted by Gasteiger charge is 2.09. The summed E-state index contributed by atoms with van der Waals surface area (Å²) in [6.45, 7) is 0.386. The number of hydrogen-bond donors (Lipinski definition) is 0. The molecule has 4 nitrogen and oxygen atoms in total. The van der Waals surface area contributed by atoms with E-state index in [0.29, 0.717) is 33.7 Å². The lowest BCUT2D eigenvalue weighted by molar-refractivity contribution is 0.181. The lowest BCUT2D eigenvalue weighted by Crippen LogP contribution is -1.96. The van der Waals surface area contributed by atoms with Crippen LogP contribution in [0.4, 0.5) is 0 Å². The number of nitrogens with zero attached hydrogens (tertiary/aromatic N) is 2. The Morgan fingerprint density at radius 2 is 2.25 bits per heavy atom. The fraction of sp³-hybridized carbons (Fsp3) is 0.200. The van der Waals surface area contributed by atoms with Crippen LogP contribution in [0.25, 0.3) is 11.6 Å². The Balaban J connectivity index is 2.40. The van der Waals surface area contributed by atoms with Crippen molar-refractivity contribution in [3.63, 3.8) is 0 Å². The molecule has 0 aliphatic heterocycles. The van der Waals surface area contributed by atoms with Gasteiger partial charge in [0.05, 0.1) is 12.3 Å². The number of rotatable bonds is 3. The lowest BCUT2D eigenvalue weighted by atomic mass is 10.3. The molecule has 0 saturated heterocycles. The van der Waals surface area contributed by atoms with Crippen molar-refractivity contribution in [2.24, 2.45) is 0 Å². The monoisotopic (exact) mass is 302 g/mol. The van der Waals surface area contributed by atoms with E-state index in [2.05, 4.69) is 25.9 Å². The summed E-state index contributed by atoms with van der Waals surface area (Å²) in [6.07, 6.45) is 0. The minimum atomic E-state index is 0.365. The molecule has 0 aliphatic carbocycles. The Bertz CT molecular complexity index is 501. The zero-order valence-corrected chi connectivity index (χ0v) is 10.7. The van der Waals surface area contributed by atoms with Crippen molar-refractivity contribution in [1.82, 2.24) is 9.97 Å². The van der Waals surface area contributed by atoms with Gasteiger partial charge in [-0.3, -0.25) is 0 Å². The van der Waals surface area contributed by atoms with E-state index in [1.807, 2.05) is 0 Å². The van der Waals surface area contributed by atoms with E-state index in [0.717, 1.165) is 0 Å². The first-order valence-electron chi connectivity index (χ1n) is 4.47. The highest BCUT2D eigenvalue weighted by molar-refractivity contribution is 9.10. The Labute approximate surface area is 106 Å². The average Bonchev–Trinajstić information content (AvgIpc) is 2.64. The molecule has 0 aromatic carbocycles. The van der Waals surface area contributed by atoms with Crippen molar-refractivity contribution in [2.75, 3.05) is 7.11 Å². The maximum absolute atomic E-state index is 5.88. The molecule has 2 rings (SSSR count). The van der Waals surface area contributed by atoms with Crippen molar-refractivity contribution in [2.45, 2.75) is 6.61 Å². The van der Waals surface area contributed by atoms with E-state index < -0.39 is 0 Å². The van der Waals surface area contributed by atoms with Crippen molar-refractivity contribution in [3.8, 4) is 11.6 Å². The summed E-state index contributed by atoms with van der Waals surface area (Å²) in [5.74, 6) is 1.01. The fourth-order valence-corrected chi connectivity index (χ4v) is 1.74. The van der Waals surface area contributed by atoms with Gasteiger partial charge in [-0.25, -0.2) is 9.97 Å². The van der Waals surface area contributed by atoms with Crippen molar-refractivity contribution in [3.05, 3.63) is 33.7 Å². The van der Waals surface area contributed by atoms with Crippen molar-refractivity contribution in [1.29, 1.82) is 0 Å². The molecule has 2 aromatic rings. The Kier molecular flexibility index (Phi) is 3.58. The van der Waals surface area contributed by atoms with Crippen LogP contribution in [0, 0.1) is 0 Å². The maximum atomic E-state index is 5.88. The summed E-state index contributed by atoms with van der Waals surface area (Å²) >= 11 is 9.10. The number of aromatic nitrogens is 2. The van der Waals surface area contributed by atoms with E-state index in [-0.39, 0.29) is 0 Å². The highest BCUT2D eigenvalue weighted by Crippen LogP contribution is 2.23. The molecule has 0 radical (unpaired) electrons. The predicted octanol–water partition coefficient (Wildman–Crippen LogP) is 3.30. The van der Waals surface area contributed by atoms with E-state index in [9.17, 15) is 0 Å². The molecule has 0 fully saturated rings. The molecule has 84 valence electrons. The number of halogens is 2. The molecule has 0 unspecified atom stereocenters. The van der Waals surface area contributed by atoms with Gasteiger partial charge in [0.15, 0.2) is 16.3 Å². The predicted molar refractivity (Wildman–Crippen MR) is 63.2 cm³/mol. The van der Waals surface area contributed by atoms with Gasteiger partial charge in [0.25, 0.3) is 0 Å². The topological polar surface area (TPSA) is 48.2 Å². The third kappa shape index (κ3) is 2.61. The number of ether oxygens (including phenoxy) is 1. The van der Waals surface area contributed by atoms with E-state index in [1.165, 1.54) is 0 Å². The van der Waals surface area contributed by atoms with E-state index >= 15 is 0 Å². The molecule has 0 saturated carbocycles. The fourth-order valence-electron chi connectivity index (χ4n) is 1.23. The van der Waals surface area contributed by atoms with Crippen LogP contribution in [-0.4, -0.2) is 17.1 Å². The second-order valence-corrected chi connectivity index (χ2v) is 4.21. The summed E-state index contributed by atoms with van der Waals surface area (Å²) in [4.78, 5) is 8.36. The molecule has 6 heteroatoms. The van der Waals surface area contributed by atoms with Crippen LogP contribution in [0.2, 0.25) is 5.15 Å². The quantitative estimate of drug-likeness (QED) is 0.816. The van der Waals surface area contributed by atoms with Crippen LogP contribution in [-0.2, 0) is 11.3 Å². The molecule has 0 aliphatic rings. The van der Waals surface area contributed by atoms with E-state index in [1.54, 1.807) is 25.3 Å². The van der Waals surface area contributed by atoms with Gasteiger partial charge >= 0.3 is 0 Å². The second-order valence-electron chi connectivity index (χ2n) is 3.04. The van der Waals surface area contributed by atoms with Gasteiger partial charge in [-0.1, -0.05) is 11.6 Å². The molecule has 16 heavy (non-hydrogen) atoms. The van der Waals surface area contributed by atoms with Gasteiger partial charge < -0.3 is 9.15 Å². The van der Waals surface area contributed by atoms with Gasteiger partial charge in [-0.05, 0) is 34.1 Å². The molecule has 0 atom stereocenters. The third-order valence-electron chi connectivity index (χ3n) is 1.83. The SMILES string of the molecule is COCc1cc(Cl)nc(-c2ccc(Br)o2)n1. The van der Waals surface area contributed by atoms with Crippen LogP contribution >= 0.6 is 27.5 Å². The summed E-state index contributed by atoms with van der Waals surface area (Å²) < 4.78 is 11.0. The summed E-state index contributed by atoms with van der Waals surface area (Å²) in [5.41, 5.74) is 0.713. The minimum absolute atomic E-state index is 0.365. The summed E-state index contributed by atoms with van der Waals surface area (Å²) in [6, 6.07) is 5.20. The first kappa shape index (κ1) is 11.6. The highest BCUT2D eigenvalue weighted by atomic mass is 79.9. The molecule has 2 heterocycles. The lowest BCUT2D eigenvalue weighted by Gasteiger charge is -2.02. The smallest absolute Gasteiger partial charge is 0.197 e. The summed E-state index contributed by atoms with van der Waals surface area (Å²) in [7, 11) is 1.60. The van der Waals surface area contributed by atoms with Crippen molar-refractivity contribution < 1.29 is 9.15 Å². The van der Waals surface area contributed by atoms with Crippen molar-refractivity contribution >= 4 is 27.5 Å². The molecule has 0 amide bonds. The zero-order valence-electron chi connectivity index (χ0n) is 8.41. The third-order valence-corrected chi connectivity index (χ3v) is 2.45. The van der Waals surface area contributed by atoms with E-state index in [4.69, 9.17) is 20.8 Å². The first-order valence-corrected chi connectivity index (χ1v) is 5.64. The standard InChI is InChI=1S/C10H8BrClN2O2/c1-15-5-6-4-9(12)14-10(13-6)7-2-3-8(11)16-7/h2-4H,5H2,1H3. The summed E-state index contributed by atoms with van der Waals surface area (Å²) in [5, 5.41) is 0.365. The zero-order chi connectivity index (χ0) is 11.5. The maximum Gasteiger partial charge on any atom is 0.197 e. The second kappa shape index (κ2) is 4.95. The van der Waals surface area contributed by atoms with Crippen LogP contribution in [0.3, 0.4) is 0 Å². The van der Waals surface area contributed by atoms with Crippen LogP contribution < -0.4 is 0 Å². The molecule has 0 spiro atoms. The normalized spacial score (nSPS) is 10.7. The molecule has 0 N–H and O–H groups in total. The molecular weight excluding hydrogens is 295 g/mol. The minimum Gasteiger partial charge on any atom is -0.446 e. The molecule has 0 bridgehead atoms. The number of hydrogen-bond acceptors (Lipinski definition) is 4. The Morgan fingerprint density at radius 1 is 1.44 bits per heavy atom. The Hall–Kier alpha value is -0.910. The largest absolute Gasteiger partial charge is 0.446 e. The first-order chi connectivity index (χ1) is 7.69. The van der Waals surface area contributed by atoms with Crippen LogP contribution in [0.1, 0.15) is 5.69 Å². The number of furan rings is 1. The van der Waals surface area contributed by atoms with Gasteiger partial charge in [0, 0.05) is 7.11 Å². The van der Waals surface area contributed by atoms with Gasteiger partial charge in [-0.2, -0.15) is 0 Å². The number of methoxy groups -OCH3 is 1. The Morgan fingerprint density at radius 3 is 2.88 bits per heavy atom. The van der Waals surface area contributed by atoms with Gasteiger partial charge in [0.1, 0.15) is 5.15 Å². The molecule has 2 aromatic heterocycles. The van der Waals surface area contributed by atoms with Crippen LogP contribution in [0.15, 0.2) is 27.3 Å². The van der Waals surface area contributed by atoms with Gasteiger partial charge in [-0.15, -0.1) is 0 Å².